The van der Waals surface area contributed by atoms with Crippen LogP contribution in [0.2, 0.25) is 0 Å². The van der Waals surface area contributed by atoms with Gasteiger partial charge in [0.1, 0.15) is 11.6 Å². The Morgan fingerprint density at radius 3 is 2.22 bits per heavy atom. The largest absolute Gasteiger partial charge is 0.508 e. The average Bonchev–Trinajstić information content (AvgIpc) is 2.60. The van der Waals surface area contributed by atoms with Crippen molar-refractivity contribution in [1.82, 2.24) is 5.32 Å². The van der Waals surface area contributed by atoms with Crippen LogP contribution in [0.15, 0.2) is 18.2 Å². The average molecular weight is 251 g/mol. The monoisotopic (exact) mass is 251 g/mol. The van der Waals surface area contributed by atoms with Crippen molar-refractivity contribution in [2.45, 2.75) is 46.7 Å². The maximum Gasteiger partial charge on any atom is 0.131 e. The third-order valence-electron chi connectivity index (χ3n) is 4.89. The molecule has 0 amide bonds. The van der Waals surface area contributed by atoms with Gasteiger partial charge < -0.3 is 10.4 Å². The van der Waals surface area contributed by atoms with E-state index in [0.717, 1.165) is 6.07 Å². The lowest BCUT2D eigenvalue weighted by molar-refractivity contribution is 0.456. The van der Waals surface area contributed by atoms with E-state index in [1.807, 2.05) is 6.92 Å². The van der Waals surface area contributed by atoms with Gasteiger partial charge in [-0.3, -0.25) is 0 Å². The van der Waals surface area contributed by atoms with Crippen LogP contribution in [-0.4, -0.2) is 11.1 Å². The van der Waals surface area contributed by atoms with Crippen LogP contribution < -0.4 is 5.32 Å². The van der Waals surface area contributed by atoms with Gasteiger partial charge in [0.25, 0.3) is 0 Å². The van der Waals surface area contributed by atoms with E-state index in [1.165, 1.54) is 6.07 Å². The molecular weight excluding hydrogens is 229 g/mol. The summed E-state index contributed by atoms with van der Waals surface area (Å²) in [7, 11) is 0. The molecular formula is C15H22FNO. The lowest BCUT2D eigenvalue weighted by Gasteiger charge is -2.17. The number of rotatable bonds is 3. The first-order valence-electron chi connectivity index (χ1n) is 6.42. The van der Waals surface area contributed by atoms with Crippen molar-refractivity contribution in [3.63, 3.8) is 0 Å². The maximum atomic E-state index is 13.8. The molecule has 2 N–H and O–H groups in total. The van der Waals surface area contributed by atoms with Crippen LogP contribution in [0.1, 0.15) is 46.2 Å². The van der Waals surface area contributed by atoms with Gasteiger partial charge in [-0.2, -0.15) is 0 Å². The van der Waals surface area contributed by atoms with Crippen LogP contribution >= 0.6 is 0 Å². The highest BCUT2D eigenvalue weighted by atomic mass is 19.1. The van der Waals surface area contributed by atoms with Gasteiger partial charge in [-0.15, -0.1) is 0 Å². The highest BCUT2D eigenvalue weighted by Gasteiger charge is 2.64. The van der Waals surface area contributed by atoms with Gasteiger partial charge in [-0.25, -0.2) is 4.39 Å². The van der Waals surface area contributed by atoms with Crippen LogP contribution in [-0.2, 0) is 0 Å². The Labute approximate surface area is 108 Å². The number of aromatic hydroxyl groups is 1. The molecule has 1 aromatic rings. The Balaban J connectivity index is 2.12. The molecule has 0 aliphatic heterocycles. The fraction of sp³-hybridized carbons (Fsp3) is 0.600. The molecule has 2 nitrogen and oxygen atoms in total. The second-order valence-corrected chi connectivity index (χ2v) is 6.47. The summed E-state index contributed by atoms with van der Waals surface area (Å²) in [6.45, 7) is 10.9. The number of phenolic OH excluding ortho intramolecular Hbond substituents is 1. The molecule has 1 fully saturated rings. The van der Waals surface area contributed by atoms with E-state index in [4.69, 9.17) is 0 Å². The molecule has 0 saturated heterocycles. The molecule has 18 heavy (non-hydrogen) atoms. The molecule has 2 rings (SSSR count). The first kappa shape index (κ1) is 13.3. The van der Waals surface area contributed by atoms with Gasteiger partial charge >= 0.3 is 0 Å². The van der Waals surface area contributed by atoms with Crippen molar-refractivity contribution in [2.24, 2.45) is 10.8 Å². The fourth-order valence-corrected chi connectivity index (χ4v) is 2.82. The van der Waals surface area contributed by atoms with E-state index in [2.05, 4.69) is 33.0 Å². The van der Waals surface area contributed by atoms with Gasteiger partial charge in [0.05, 0.1) is 0 Å². The summed E-state index contributed by atoms with van der Waals surface area (Å²) >= 11 is 0. The lowest BCUT2D eigenvalue weighted by Crippen LogP contribution is -2.26. The van der Waals surface area contributed by atoms with Gasteiger partial charge in [-0.1, -0.05) is 33.8 Å². The molecule has 0 spiro atoms. The molecule has 1 atom stereocenters. The van der Waals surface area contributed by atoms with Crippen molar-refractivity contribution in [1.29, 1.82) is 0 Å². The highest BCUT2D eigenvalue weighted by Crippen LogP contribution is 2.63. The maximum absolute atomic E-state index is 13.8. The summed E-state index contributed by atoms with van der Waals surface area (Å²) in [5.74, 6) is -0.387. The van der Waals surface area contributed by atoms with Crippen molar-refractivity contribution < 1.29 is 9.50 Å². The summed E-state index contributed by atoms with van der Waals surface area (Å²) in [6, 6.07) is 4.66. The van der Waals surface area contributed by atoms with Gasteiger partial charge in [0.15, 0.2) is 0 Å². The quantitative estimate of drug-likeness (QED) is 0.860. The molecule has 1 aromatic carbocycles. The van der Waals surface area contributed by atoms with Crippen molar-refractivity contribution in [2.75, 3.05) is 0 Å². The highest BCUT2D eigenvalue weighted by molar-refractivity contribution is 5.30. The molecule has 1 unspecified atom stereocenters. The van der Waals surface area contributed by atoms with Crippen molar-refractivity contribution in [3.8, 4) is 5.75 Å². The standard InChI is InChI=1S/C15H22FNO/c1-9(11-7-6-10(18)8-12(11)16)17-13-14(2,3)15(13,4)5/h6-9,13,17-18H,1-5H3. The van der Waals surface area contributed by atoms with Crippen LogP contribution in [0.4, 0.5) is 4.39 Å². The number of benzene rings is 1. The van der Waals surface area contributed by atoms with Crippen molar-refractivity contribution in [3.05, 3.63) is 29.6 Å². The van der Waals surface area contributed by atoms with Crippen LogP contribution in [0.5, 0.6) is 5.75 Å². The van der Waals surface area contributed by atoms with E-state index in [0.29, 0.717) is 11.6 Å². The zero-order valence-corrected chi connectivity index (χ0v) is 11.7. The summed E-state index contributed by atoms with van der Waals surface area (Å²) < 4.78 is 13.8. The van der Waals surface area contributed by atoms with Gasteiger partial charge in [0.2, 0.25) is 0 Å². The second-order valence-electron chi connectivity index (χ2n) is 6.47. The Kier molecular flexibility index (Phi) is 2.93. The minimum absolute atomic E-state index is 0.0319. The van der Waals surface area contributed by atoms with Crippen LogP contribution in [0.25, 0.3) is 0 Å². The smallest absolute Gasteiger partial charge is 0.131 e. The minimum Gasteiger partial charge on any atom is -0.508 e. The number of halogens is 1. The van der Waals surface area contributed by atoms with Crippen molar-refractivity contribution >= 4 is 0 Å². The molecule has 1 saturated carbocycles. The third-order valence-corrected chi connectivity index (χ3v) is 4.89. The topological polar surface area (TPSA) is 32.3 Å². The zero-order chi connectivity index (χ0) is 13.7. The lowest BCUT2D eigenvalue weighted by atomic mass is 10.0. The first-order valence-corrected chi connectivity index (χ1v) is 6.42. The number of hydrogen-bond acceptors (Lipinski definition) is 2. The molecule has 3 heteroatoms. The summed E-state index contributed by atoms with van der Waals surface area (Å²) in [6.07, 6.45) is 0. The normalized spacial score (nSPS) is 22.8. The third kappa shape index (κ3) is 1.91. The van der Waals surface area contributed by atoms with E-state index >= 15 is 0 Å². The molecule has 0 aromatic heterocycles. The molecule has 100 valence electrons. The number of phenols is 1. The fourth-order valence-electron chi connectivity index (χ4n) is 2.82. The molecule has 0 bridgehead atoms. The molecule has 0 heterocycles. The summed E-state index contributed by atoms with van der Waals surface area (Å²) in [5, 5.41) is 12.7. The first-order chi connectivity index (χ1) is 8.18. The molecule has 1 aliphatic rings. The van der Waals surface area contributed by atoms with Gasteiger partial charge in [-0.05, 0) is 23.8 Å². The zero-order valence-electron chi connectivity index (χ0n) is 11.7. The molecule has 0 radical (unpaired) electrons. The Hall–Kier alpha value is -1.09. The SMILES string of the molecule is CC(NC1C(C)(C)C1(C)C)c1ccc(O)cc1F. The predicted molar refractivity (Wildman–Crippen MR) is 71.0 cm³/mol. The second kappa shape index (κ2) is 3.95. The van der Waals surface area contributed by atoms with Crippen LogP contribution in [0.3, 0.4) is 0 Å². The van der Waals surface area contributed by atoms with Gasteiger partial charge in [0, 0.05) is 23.7 Å². The predicted octanol–water partition coefficient (Wildman–Crippen LogP) is 3.62. The Morgan fingerprint density at radius 2 is 1.78 bits per heavy atom. The Bertz CT molecular complexity index is 454. The number of hydrogen-bond donors (Lipinski definition) is 2. The van der Waals surface area contributed by atoms with Crippen LogP contribution in [0, 0.1) is 16.6 Å². The summed E-state index contributed by atoms with van der Waals surface area (Å²) in [5.41, 5.74) is 1.06. The van der Waals surface area contributed by atoms with E-state index in [9.17, 15) is 9.50 Å². The van der Waals surface area contributed by atoms with E-state index in [-0.39, 0.29) is 28.4 Å². The Morgan fingerprint density at radius 1 is 1.22 bits per heavy atom. The van der Waals surface area contributed by atoms with E-state index in [1.54, 1.807) is 6.07 Å². The number of nitrogens with one attached hydrogen (secondary N) is 1. The summed E-state index contributed by atoms with van der Waals surface area (Å²) in [4.78, 5) is 0. The van der Waals surface area contributed by atoms with E-state index < -0.39 is 0 Å². The molecule has 1 aliphatic carbocycles. The minimum atomic E-state index is -0.355.